The highest BCUT2D eigenvalue weighted by Crippen LogP contribution is 2.24. The van der Waals surface area contributed by atoms with Crippen molar-refractivity contribution in [1.82, 2.24) is 5.32 Å². The molecule has 0 saturated heterocycles. The molecule has 0 unspecified atom stereocenters. The Bertz CT molecular complexity index is 462. The highest BCUT2D eigenvalue weighted by molar-refractivity contribution is 5.81. The fraction of sp³-hybridized carbons (Fsp3) is 0.417. The summed E-state index contributed by atoms with van der Waals surface area (Å²) in [7, 11) is 0. The number of nitro groups is 1. The predicted octanol–water partition coefficient (Wildman–Crippen LogP) is 1.57. The van der Waals surface area contributed by atoms with Crippen molar-refractivity contribution in [3.8, 4) is 0 Å². The lowest BCUT2D eigenvalue weighted by atomic mass is 10.2. The average Bonchev–Trinajstić information content (AvgIpc) is 2.37. The number of carbonyl (C=O) groups excluding carboxylic acids is 1. The highest BCUT2D eigenvalue weighted by Gasteiger charge is 2.10. The van der Waals surface area contributed by atoms with Crippen molar-refractivity contribution in [3.05, 3.63) is 28.3 Å². The molecule has 0 atom stereocenters. The first-order chi connectivity index (χ1) is 9.06. The number of nitro benzene ring substituents is 1. The number of non-ortho nitro benzene ring substituents is 1. The van der Waals surface area contributed by atoms with Gasteiger partial charge in [-0.25, -0.2) is 0 Å². The van der Waals surface area contributed by atoms with Crippen molar-refractivity contribution in [1.29, 1.82) is 0 Å². The zero-order valence-electron chi connectivity index (χ0n) is 11.0. The van der Waals surface area contributed by atoms with E-state index in [1.165, 1.54) is 12.1 Å². The van der Waals surface area contributed by atoms with E-state index in [0.717, 1.165) is 0 Å². The maximum Gasteiger partial charge on any atom is 0.273 e. The minimum atomic E-state index is -0.460. The van der Waals surface area contributed by atoms with Crippen LogP contribution in [0.4, 0.5) is 17.1 Å². The lowest BCUT2D eigenvalue weighted by Gasteiger charge is -2.09. The fourth-order valence-corrected chi connectivity index (χ4v) is 1.57. The van der Waals surface area contributed by atoms with Gasteiger partial charge in [-0.2, -0.15) is 0 Å². The average molecular weight is 266 g/mol. The van der Waals surface area contributed by atoms with Gasteiger partial charge in [-0.15, -0.1) is 0 Å². The standard InChI is InChI=1S/C12H18N4O3/c1-3-13-9-5-10(7-11(6-9)16(18)19)15-8-12(17)14-4-2/h5-7,13,15H,3-4,8H2,1-2H3,(H,14,17). The summed E-state index contributed by atoms with van der Waals surface area (Å²) in [4.78, 5) is 21.7. The largest absolute Gasteiger partial charge is 0.385 e. The third kappa shape index (κ3) is 4.82. The summed E-state index contributed by atoms with van der Waals surface area (Å²) in [5, 5.41) is 19.3. The summed E-state index contributed by atoms with van der Waals surface area (Å²) in [6.07, 6.45) is 0. The van der Waals surface area contributed by atoms with Gasteiger partial charge in [0.1, 0.15) is 0 Å². The molecule has 0 bridgehead atoms. The van der Waals surface area contributed by atoms with Gasteiger partial charge in [0.2, 0.25) is 5.91 Å². The fourth-order valence-electron chi connectivity index (χ4n) is 1.57. The van der Waals surface area contributed by atoms with Crippen LogP contribution in [-0.2, 0) is 4.79 Å². The van der Waals surface area contributed by atoms with Crippen molar-refractivity contribution in [2.24, 2.45) is 0 Å². The summed E-state index contributed by atoms with van der Waals surface area (Å²) < 4.78 is 0. The van der Waals surface area contributed by atoms with E-state index in [2.05, 4.69) is 16.0 Å². The van der Waals surface area contributed by atoms with Gasteiger partial charge >= 0.3 is 0 Å². The van der Waals surface area contributed by atoms with Crippen LogP contribution in [-0.4, -0.2) is 30.5 Å². The maximum absolute atomic E-state index is 11.3. The number of rotatable bonds is 7. The second-order valence-electron chi connectivity index (χ2n) is 3.86. The molecule has 1 aromatic rings. The number of hydrogen-bond acceptors (Lipinski definition) is 5. The van der Waals surface area contributed by atoms with Crippen LogP contribution >= 0.6 is 0 Å². The first-order valence-corrected chi connectivity index (χ1v) is 6.10. The van der Waals surface area contributed by atoms with Crippen LogP contribution in [0.1, 0.15) is 13.8 Å². The Hall–Kier alpha value is -2.31. The first-order valence-electron chi connectivity index (χ1n) is 6.10. The Kier molecular flexibility index (Phi) is 5.59. The van der Waals surface area contributed by atoms with E-state index in [1.807, 2.05) is 13.8 Å². The number of nitrogens with zero attached hydrogens (tertiary/aromatic N) is 1. The Balaban J connectivity index is 2.81. The smallest absolute Gasteiger partial charge is 0.273 e. The third-order valence-corrected chi connectivity index (χ3v) is 2.34. The second kappa shape index (κ2) is 7.20. The lowest BCUT2D eigenvalue weighted by Crippen LogP contribution is -2.29. The lowest BCUT2D eigenvalue weighted by molar-refractivity contribution is -0.384. The number of likely N-dealkylation sites (N-methyl/N-ethyl adjacent to an activating group) is 1. The molecule has 7 nitrogen and oxygen atoms in total. The van der Waals surface area contributed by atoms with E-state index >= 15 is 0 Å². The molecule has 0 fully saturated rings. The number of amides is 1. The molecule has 0 spiro atoms. The number of anilines is 2. The molecule has 0 radical (unpaired) electrons. The predicted molar refractivity (Wildman–Crippen MR) is 74.4 cm³/mol. The van der Waals surface area contributed by atoms with Crippen molar-refractivity contribution < 1.29 is 9.72 Å². The quantitative estimate of drug-likeness (QED) is 0.514. The van der Waals surface area contributed by atoms with Crippen LogP contribution in [0.25, 0.3) is 0 Å². The van der Waals surface area contributed by atoms with Gasteiger partial charge in [0.25, 0.3) is 5.69 Å². The van der Waals surface area contributed by atoms with E-state index in [-0.39, 0.29) is 18.1 Å². The van der Waals surface area contributed by atoms with Gasteiger partial charge in [-0.05, 0) is 19.9 Å². The van der Waals surface area contributed by atoms with Crippen LogP contribution in [0.15, 0.2) is 18.2 Å². The Morgan fingerprint density at radius 3 is 2.32 bits per heavy atom. The Morgan fingerprint density at radius 2 is 1.79 bits per heavy atom. The molecule has 0 aromatic heterocycles. The van der Waals surface area contributed by atoms with E-state index in [9.17, 15) is 14.9 Å². The Morgan fingerprint density at radius 1 is 1.16 bits per heavy atom. The minimum Gasteiger partial charge on any atom is -0.385 e. The van der Waals surface area contributed by atoms with Crippen molar-refractivity contribution in [3.63, 3.8) is 0 Å². The van der Waals surface area contributed by atoms with Gasteiger partial charge in [-0.1, -0.05) is 0 Å². The van der Waals surface area contributed by atoms with Crippen molar-refractivity contribution in [2.75, 3.05) is 30.3 Å². The van der Waals surface area contributed by atoms with Crippen LogP contribution < -0.4 is 16.0 Å². The molecule has 19 heavy (non-hydrogen) atoms. The van der Waals surface area contributed by atoms with Crippen LogP contribution in [0.3, 0.4) is 0 Å². The van der Waals surface area contributed by atoms with Gasteiger partial charge in [-0.3, -0.25) is 14.9 Å². The molecule has 0 aliphatic carbocycles. The van der Waals surface area contributed by atoms with Crippen LogP contribution in [0.2, 0.25) is 0 Å². The molecule has 1 amide bonds. The van der Waals surface area contributed by atoms with Gasteiger partial charge in [0, 0.05) is 36.6 Å². The monoisotopic (exact) mass is 266 g/mol. The van der Waals surface area contributed by atoms with Gasteiger partial charge in [0.15, 0.2) is 0 Å². The molecule has 0 aliphatic rings. The molecule has 1 rings (SSSR count). The number of nitrogens with one attached hydrogen (secondary N) is 3. The molecule has 3 N–H and O–H groups in total. The summed E-state index contributed by atoms with van der Waals surface area (Å²) in [5.74, 6) is -0.154. The molecule has 104 valence electrons. The van der Waals surface area contributed by atoms with Crippen molar-refractivity contribution >= 4 is 23.0 Å². The molecular formula is C12H18N4O3. The molecular weight excluding hydrogens is 248 g/mol. The maximum atomic E-state index is 11.3. The van der Waals surface area contributed by atoms with Gasteiger partial charge < -0.3 is 16.0 Å². The zero-order chi connectivity index (χ0) is 14.3. The van der Waals surface area contributed by atoms with E-state index in [0.29, 0.717) is 24.5 Å². The van der Waals surface area contributed by atoms with E-state index in [1.54, 1.807) is 6.07 Å². The SMILES string of the molecule is CCNC(=O)CNc1cc(NCC)cc([N+](=O)[O-])c1. The zero-order valence-corrected chi connectivity index (χ0v) is 11.0. The normalized spacial score (nSPS) is 9.79. The highest BCUT2D eigenvalue weighted by atomic mass is 16.6. The molecule has 7 heteroatoms. The molecule has 0 aliphatic heterocycles. The first kappa shape index (κ1) is 14.7. The van der Waals surface area contributed by atoms with Crippen molar-refractivity contribution in [2.45, 2.75) is 13.8 Å². The topological polar surface area (TPSA) is 96.3 Å². The van der Waals surface area contributed by atoms with E-state index in [4.69, 9.17) is 0 Å². The number of hydrogen-bond donors (Lipinski definition) is 3. The third-order valence-electron chi connectivity index (χ3n) is 2.34. The summed E-state index contributed by atoms with van der Waals surface area (Å²) in [6.45, 7) is 5.03. The van der Waals surface area contributed by atoms with Gasteiger partial charge in [0.05, 0.1) is 11.5 Å². The number of benzene rings is 1. The van der Waals surface area contributed by atoms with Crippen LogP contribution in [0, 0.1) is 10.1 Å². The molecule has 0 saturated carbocycles. The summed E-state index contributed by atoms with van der Waals surface area (Å²) in [6, 6.07) is 4.59. The second-order valence-corrected chi connectivity index (χ2v) is 3.86. The molecule has 1 aromatic carbocycles. The van der Waals surface area contributed by atoms with E-state index < -0.39 is 4.92 Å². The Labute approximate surface area is 111 Å². The summed E-state index contributed by atoms with van der Waals surface area (Å²) >= 11 is 0. The summed E-state index contributed by atoms with van der Waals surface area (Å²) in [5.41, 5.74) is 1.17. The van der Waals surface area contributed by atoms with Crippen LogP contribution in [0.5, 0.6) is 0 Å². The minimum absolute atomic E-state index is 0.0168. The molecule has 0 heterocycles. The number of carbonyl (C=O) groups is 1.